The molecule has 29 heavy (non-hydrogen) atoms. The van der Waals surface area contributed by atoms with Crippen LogP contribution in [0.5, 0.6) is 0 Å². The third kappa shape index (κ3) is 5.56. The number of carbonyl (C=O) groups excluding carboxylic acids is 2. The number of benzene rings is 1. The second-order valence-corrected chi connectivity index (χ2v) is 7.51. The third-order valence-corrected chi connectivity index (χ3v) is 5.24. The number of nitrogens with zero attached hydrogens (tertiary/aromatic N) is 3. The molecule has 6 heteroatoms. The quantitative estimate of drug-likeness (QED) is 0.732. The fraction of sp³-hybridized carbons (Fsp3) is 0.435. The minimum Gasteiger partial charge on any atom is -0.368 e. The molecule has 1 aromatic carbocycles. The predicted molar refractivity (Wildman–Crippen MR) is 115 cm³/mol. The molecule has 2 aromatic rings. The van der Waals surface area contributed by atoms with E-state index in [0.29, 0.717) is 30.9 Å². The lowest BCUT2D eigenvalue weighted by atomic mass is 10.1. The van der Waals surface area contributed by atoms with Crippen molar-refractivity contribution in [1.82, 2.24) is 15.2 Å². The van der Waals surface area contributed by atoms with Crippen LogP contribution < -0.4 is 10.2 Å². The van der Waals surface area contributed by atoms with E-state index in [1.165, 1.54) is 17.4 Å². The Labute approximate surface area is 172 Å². The molecule has 0 aliphatic carbocycles. The summed E-state index contributed by atoms with van der Waals surface area (Å²) < 4.78 is 0. The monoisotopic (exact) mass is 394 g/mol. The number of nitrogens with one attached hydrogen (secondary N) is 1. The fourth-order valence-electron chi connectivity index (χ4n) is 3.52. The van der Waals surface area contributed by atoms with Gasteiger partial charge in [-0.25, -0.2) is 0 Å². The maximum atomic E-state index is 12.9. The number of hydrogen-bond donors (Lipinski definition) is 1. The Morgan fingerprint density at radius 1 is 1.07 bits per heavy atom. The van der Waals surface area contributed by atoms with E-state index in [2.05, 4.69) is 53.3 Å². The highest BCUT2D eigenvalue weighted by Crippen LogP contribution is 2.18. The molecule has 6 nitrogen and oxygen atoms in total. The van der Waals surface area contributed by atoms with Gasteiger partial charge in [-0.3, -0.25) is 14.6 Å². The summed E-state index contributed by atoms with van der Waals surface area (Å²) in [6.07, 6.45) is 4.71. The maximum absolute atomic E-state index is 12.9. The van der Waals surface area contributed by atoms with Gasteiger partial charge in [0.15, 0.2) is 0 Å². The molecule has 1 aliphatic rings. The zero-order valence-corrected chi connectivity index (χ0v) is 17.4. The summed E-state index contributed by atoms with van der Waals surface area (Å²) in [5.41, 5.74) is 3.24. The second-order valence-electron chi connectivity index (χ2n) is 7.51. The molecule has 0 atom stereocenters. The summed E-state index contributed by atoms with van der Waals surface area (Å²) in [7, 11) is 0. The van der Waals surface area contributed by atoms with Crippen molar-refractivity contribution in [2.45, 2.75) is 33.1 Å². The van der Waals surface area contributed by atoms with Crippen LogP contribution >= 0.6 is 0 Å². The number of hydrogen-bond acceptors (Lipinski definition) is 4. The lowest BCUT2D eigenvalue weighted by Crippen LogP contribution is -2.49. The highest BCUT2D eigenvalue weighted by atomic mass is 16.2. The van der Waals surface area contributed by atoms with E-state index in [0.717, 1.165) is 32.4 Å². The SMILES string of the molecule is CCCCCNC(=O)c1ccnc(C(=O)N2CCN(c3cccc(C)c3)CC2)c1. The summed E-state index contributed by atoms with van der Waals surface area (Å²) in [5.74, 6) is -0.267. The molecule has 2 heterocycles. The molecular weight excluding hydrogens is 364 g/mol. The van der Waals surface area contributed by atoms with Crippen LogP contribution in [0.2, 0.25) is 0 Å². The molecule has 3 rings (SSSR count). The van der Waals surface area contributed by atoms with Crippen LogP contribution in [0.4, 0.5) is 5.69 Å². The van der Waals surface area contributed by atoms with Crippen LogP contribution in [0.25, 0.3) is 0 Å². The predicted octanol–water partition coefficient (Wildman–Crippen LogP) is 3.27. The van der Waals surface area contributed by atoms with Crippen LogP contribution in [0, 0.1) is 6.92 Å². The molecule has 0 saturated carbocycles. The van der Waals surface area contributed by atoms with E-state index >= 15 is 0 Å². The number of piperazine rings is 1. The molecule has 1 aromatic heterocycles. The topological polar surface area (TPSA) is 65.5 Å². The zero-order chi connectivity index (χ0) is 20.6. The van der Waals surface area contributed by atoms with Gasteiger partial charge in [0.05, 0.1) is 0 Å². The highest BCUT2D eigenvalue weighted by Gasteiger charge is 2.23. The first-order valence-electron chi connectivity index (χ1n) is 10.4. The number of unbranched alkanes of at least 4 members (excludes halogenated alkanes) is 2. The van der Waals surface area contributed by atoms with Crippen molar-refractivity contribution in [2.75, 3.05) is 37.6 Å². The molecular formula is C23H30N4O2. The Kier molecular flexibility index (Phi) is 7.22. The maximum Gasteiger partial charge on any atom is 0.272 e. The van der Waals surface area contributed by atoms with Gasteiger partial charge >= 0.3 is 0 Å². The Bertz CT molecular complexity index is 844. The number of aryl methyl sites for hydroxylation is 1. The van der Waals surface area contributed by atoms with E-state index in [1.807, 2.05) is 4.90 Å². The van der Waals surface area contributed by atoms with E-state index in [-0.39, 0.29) is 11.8 Å². The average molecular weight is 395 g/mol. The number of carbonyl (C=O) groups is 2. The average Bonchev–Trinajstić information content (AvgIpc) is 2.76. The van der Waals surface area contributed by atoms with Crippen molar-refractivity contribution in [3.05, 3.63) is 59.4 Å². The van der Waals surface area contributed by atoms with Gasteiger partial charge in [0, 0.05) is 50.2 Å². The molecule has 154 valence electrons. The van der Waals surface area contributed by atoms with E-state index in [4.69, 9.17) is 0 Å². The molecule has 2 amide bonds. The molecule has 1 aliphatic heterocycles. The first-order chi connectivity index (χ1) is 14.1. The van der Waals surface area contributed by atoms with Crippen molar-refractivity contribution in [2.24, 2.45) is 0 Å². The third-order valence-electron chi connectivity index (χ3n) is 5.24. The normalized spacial score (nSPS) is 14.0. The number of aromatic nitrogens is 1. The Morgan fingerprint density at radius 3 is 2.59 bits per heavy atom. The molecule has 0 bridgehead atoms. The van der Waals surface area contributed by atoms with Crippen LogP contribution in [0.1, 0.15) is 52.6 Å². The number of rotatable bonds is 7. The first kappa shape index (κ1) is 20.8. The first-order valence-corrected chi connectivity index (χ1v) is 10.4. The van der Waals surface area contributed by atoms with Gasteiger partial charge in [-0.15, -0.1) is 0 Å². The van der Waals surface area contributed by atoms with E-state index < -0.39 is 0 Å². The van der Waals surface area contributed by atoms with Gasteiger partial charge in [-0.1, -0.05) is 31.9 Å². The minimum absolute atomic E-state index is 0.116. The standard InChI is InChI=1S/C23H30N4O2/c1-3-4-5-10-25-22(28)19-9-11-24-21(17-19)23(29)27-14-12-26(13-15-27)20-8-6-7-18(2)16-20/h6-9,11,16-17H,3-5,10,12-15H2,1-2H3,(H,25,28). The van der Waals surface area contributed by atoms with Crippen LogP contribution in [-0.4, -0.2) is 54.4 Å². The van der Waals surface area contributed by atoms with E-state index in [9.17, 15) is 9.59 Å². The number of pyridine rings is 1. The van der Waals surface area contributed by atoms with Gasteiger partial charge < -0.3 is 15.1 Å². The van der Waals surface area contributed by atoms with E-state index in [1.54, 1.807) is 12.1 Å². The van der Waals surface area contributed by atoms with Crippen molar-refractivity contribution in [3.63, 3.8) is 0 Å². The van der Waals surface area contributed by atoms with Gasteiger partial charge in [-0.2, -0.15) is 0 Å². The molecule has 0 radical (unpaired) electrons. The molecule has 0 spiro atoms. The summed E-state index contributed by atoms with van der Waals surface area (Å²) in [6, 6.07) is 11.7. The molecule has 0 unspecified atom stereocenters. The van der Waals surface area contributed by atoms with Crippen LogP contribution in [0.15, 0.2) is 42.6 Å². The summed E-state index contributed by atoms with van der Waals surface area (Å²) >= 11 is 0. The van der Waals surface area contributed by atoms with Crippen molar-refractivity contribution < 1.29 is 9.59 Å². The van der Waals surface area contributed by atoms with Crippen LogP contribution in [0.3, 0.4) is 0 Å². The number of amides is 2. The van der Waals surface area contributed by atoms with Crippen molar-refractivity contribution >= 4 is 17.5 Å². The summed E-state index contributed by atoms with van der Waals surface area (Å²) in [6.45, 7) is 7.72. The highest BCUT2D eigenvalue weighted by molar-refractivity contribution is 5.98. The largest absolute Gasteiger partial charge is 0.368 e. The zero-order valence-electron chi connectivity index (χ0n) is 17.4. The van der Waals surface area contributed by atoms with Crippen LogP contribution in [-0.2, 0) is 0 Å². The van der Waals surface area contributed by atoms with Gasteiger partial charge in [0.25, 0.3) is 11.8 Å². The molecule has 1 fully saturated rings. The molecule has 1 saturated heterocycles. The smallest absolute Gasteiger partial charge is 0.272 e. The van der Waals surface area contributed by atoms with Gasteiger partial charge in [0.1, 0.15) is 5.69 Å². The lowest BCUT2D eigenvalue weighted by Gasteiger charge is -2.36. The van der Waals surface area contributed by atoms with Gasteiger partial charge in [0.2, 0.25) is 0 Å². The Morgan fingerprint density at radius 2 is 1.86 bits per heavy atom. The lowest BCUT2D eigenvalue weighted by molar-refractivity contribution is 0.0741. The minimum atomic E-state index is -0.151. The Hall–Kier alpha value is -2.89. The number of anilines is 1. The van der Waals surface area contributed by atoms with Crippen molar-refractivity contribution in [3.8, 4) is 0 Å². The summed E-state index contributed by atoms with van der Waals surface area (Å²) in [5, 5.41) is 2.91. The molecule has 1 N–H and O–H groups in total. The Balaban J connectivity index is 1.57. The van der Waals surface area contributed by atoms with Gasteiger partial charge in [-0.05, 0) is 43.2 Å². The fourth-order valence-corrected chi connectivity index (χ4v) is 3.52. The second kappa shape index (κ2) is 10.0. The summed E-state index contributed by atoms with van der Waals surface area (Å²) in [4.78, 5) is 33.5. The van der Waals surface area contributed by atoms with Crippen molar-refractivity contribution in [1.29, 1.82) is 0 Å².